The van der Waals surface area contributed by atoms with Gasteiger partial charge >= 0.3 is 5.97 Å². The van der Waals surface area contributed by atoms with Crippen LogP contribution in [0.2, 0.25) is 0 Å². The summed E-state index contributed by atoms with van der Waals surface area (Å²) in [5.74, 6) is -0.717. The van der Waals surface area contributed by atoms with Gasteiger partial charge in [0.25, 0.3) is 5.91 Å². The van der Waals surface area contributed by atoms with E-state index in [-0.39, 0.29) is 25.5 Å². The van der Waals surface area contributed by atoms with E-state index in [1.54, 1.807) is 41.3 Å². The number of benzene rings is 3. The predicted octanol–water partition coefficient (Wildman–Crippen LogP) is 3.70. The van der Waals surface area contributed by atoms with Gasteiger partial charge in [-0.3, -0.25) is 9.59 Å². The maximum atomic E-state index is 13.5. The van der Waals surface area contributed by atoms with Crippen LogP contribution in [-0.4, -0.2) is 35.0 Å². The van der Waals surface area contributed by atoms with Crippen molar-refractivity contribution in [1.29, 1.82) is 0 Å². The Balaban J connectivity index is 1.89. The molecule has 1 heterocycles. The molecule has 3 aromatic rings. The zero-order valence-corrected chi connectivity index (χ0v) is 16.5. The Labute approximate surface area is 175 Å². The first-order chi connectivity index (χ1) is 14.6. The van der Waals surface area contributed by atoms with Crippen molar-refractivity contribution < 1.29 is 19.4 Å². The average molecular weight is 401 g/mol. The summed E-state index contributed by atoms with van der Waals surface area (Å²) in [6, 6.07) is 26.5. The number of hydrogen-bond acceptors (Lipinski definition) is 4. The number of carbonyl (C=O) groups excluding carboxylic acids is 2. The van der Waals surface area contributed by atoms with Crippen LogP contribution < -0.4 is 0 Å². The number of rotatable bonds is 3. The van der Waals surface area contributed by atoms with Gasteiger partial charge in [-0.25, -0.2) is 0 Å². The Hall–Kier alpha value is -3.44. The van der Waals surface area contributed by atoms with Crippen molar-refractivity contribution in [2.24, 2.45) is 0 Å². The molecule has 1 aliphatic heterocycles. The lowest BCUT2D eigenvalue weighted by Gasteiger charge is -2.44. The van der Waals surface area contributed by atoms with Crippen molar-refractivity contribution in [3.8, 4) is 0 Å². The van der Waals surface area contributed by atoms with Crippen molar-refractivity contribution in [3.63, 3.8) is 0 Å². The molecule has 0 unspecified atom stereocenters. The average Bonchev–Trinajstić information content (AvgIpc) is 2.78. The minimum Gasteiger partial charge on any atom is -0.464 e. The Kier molecular flexibility index (Phi) is 5.63. The van der Waals surface area contributed by atoms with Crippen LogP contribution in [0.25, 0.3) is 0 Å². The quantitative estimate of drug-likeness (QED) is 0.680. The molecule has 1 aliphatic rings. The molecular formula is C25H23NO4. The second kappa shape index (κ2) is 8.51. The molecule has 1 fully saturated rings. The fourth-order valence-electron chi connectivity index (χ4n) is 4.06. The van der Waals surface area contributed by atoms with Gasteiger partial charge in [0.1, 0.15) is 12.2 Å². The van der Waals surface area contributed by atoms with E-state index < -0.39 is 17.6 Å². The topological polar surface area (TPSA) is 66.8 Å². The molecule has 0 saturated carbocycles. The minimum atomic E-state index is -1.65. The number of amides is 1. The molecule has 1 N–H and O–H groups in total. The van der Waals surface area contributed by atoms with Crippen molar-refractivity contribution in [1.82, 2.24) is 4.90 Å². The highest BCUT2D eigenvalue weighted by molar-refractivity contribution is 5.94. The lowest BCUT2D eigenvalue weighted by Crippen LogP contribution is -2.51. The normalized spacial score (nSPS) is 22.0. The first kappa shape index (κ1) is 19.9. The summed E-state index contributed by atoms with van der Waals surface area (Å²) in [5, 5.41) is 12.0. The van der Waals surface area contributed by atoms with Gasteiger partial charge in [-0.05, 0) is 23.3 Å². The van der Waals surface area contributed by atoms with Gasteiger partial charge in [0.15, 0.2) is 0 Å². The third-order valence-corrected chi connectivity index (χ3v) is 5.44. The van der Waals surface area contributed by atoms with Crippen LogP contribution in [0.15, 0.2) is 91.0 Å². The van der Waals surface area contributed by atoms with Crippen molar-refractivity contribution in [2.45, 2.75) is 18.1 Å². The molecule has 0 bridgehead atoms. The molecule has 152 valence electrons. The fraction of sp³-hybridized carbons (Fsp3) is 0.200. The Bertz CT molecular complexity index is 1010. The Morgan fingerprint density at radius 1 is 0.900 bits per heavy atom. The number of carbonyl (C=O) groups is 2. The van der Waals surface area contributed by atoms with Gasteiger partial charge < -0.3 is 14.7 Å². The Morgan fingerprint density at radius 3 is 2.10 bits per heavy atom. The summed E-state index contributed by atoms with van der Waals surface area (Å²) in [6.07, 6.45) is -0.255. The first-order valence-corrected chi connectivity index (χ1v) is 9.94. The maximum absolute atomic E-state index is 13.5. The molecule has 0 aliphatic carbocycles. The molecule has 30 heavy (non-hydrogen) atoms. The third kappa shape index (κ3) is 3.84. The van der Waals surface area contributed by atoms with Crippen LogP contribution in [0, 0.1) is 0 Å². The highest BCUT2D eigenvalue weighted by atomic mass is 16.5. The summed E-state index contributed by atoms with van der Waals surface area (Å²) in [7, 11) is 0. The molecule has 2 atom stereocenters. The largest absolute Gasteiger partial charge is 0.464 e. The van der Waals surface area contributed by atoms with E-state index >= 15 is 0 Å². The standard InChI is InChI=1S/C25H23NO4/c27-22-18-25(29,21-14-8-3-9-15-21)23(19-10-4-1-5-11-19)26(16-17-30-22)24(28)20-12-6-2-7-13-20/h1-15,23,29H,16-18H2/t23-,25-/m0/s1. The van der Waals surface area contributed by atoms with Crippen molar-refractivity contribution in [2.75, 3.05) is 13.2 Å². The van der Waals surface area contributed by atoms with E-state index in [1.165, 1.54) is 0 Å². The monoisotopic (exact) mass is 401 g/mol. The van der Waals surface area contributed by atoms with E-state index in [4.69, 9.17) is 4.74 Å². The molecule has 0 radical (unpaired) electrons. The van der Waals surface area contributed by atoms with Gasteiger partial charge in [-0.2, -0.15) is 0 Å². The van der Waals surface area contributed by atoms with E-state index in [0.29, 0.717) is 11.1 Å². The molecule has 5 heteroatoms. The second-order valence-electron chi connectivity index (χ2n) is 7.37. The minimum absolute atomic E-state index is 0.0750. The van der Waals surface area contributed by atoms with Gasteiger partial charge in [0.2, 0.25) is 0 Å². The molecule has 4 rings (SSSR count). The number of hydrogen-bond donors (Lipinski definition) is 1. The number of esters is 1. The molecule has 0 spiro atoms. The van der Waals surface area contributed by atoms with Crippen molar-refractivity contribution in [3.05, 3.63) is 108 Å². The number of ether oxygens (including phenoxy) is 1. The first-order valence-electron chi connectivity index (χ1n) is 9.94. The number of aliphatic hydroxyl groups is 1. The summed E-state index contributed by atoms with van der Waals surface area (Å²) >= 11 is 0. The van der Waals surface area contributed by atoms with Crippen LogP contribution in [-0.2, 0) is 15.1 Å². The lowest BCUT2D eigenvalue weighted by atomic mass is 9.78. The van der Waals surface area contributed by atoms with E-state index in [9.17, 15) is 14.7 Å². The van der Waals surface area contributed by atoms with Crippen LogP contribution in [0.5, 0.6) is 0 Å². The third-order valence-electron chi connectivity index (χ3n) is 5.44. The lowest BCUT2D eigenvalue weighted by molar-refractivity contribution is -0.159. The predicted molar refractivity (Wildman–Crippen MR) is 113 cm³/mol. The van der Waals surface area contributed by atoms with Crippen LogP contribution >= 0.6 is 0 Å². The van der Waals surface area contributed by atoms with Gasteiger partial charge in [-0.15, -0.1) is 0 Å². The SMILES string of the molecule is O=C1C[C@](O)(c2ccccc2)[C@H](c2ccccc2)N(C(=O)c2ccccc2)CCO1. The van der Waals surface area contributed by atoms with E-state index in [0.717, 1.165) is 5.56 Å². The Morgan fingerprint density at radius 2 is 1.47 bits per heavy atom. The summed E-state index contributed by atoms with van der Waals surface area (Å²) in [5.41, 5.74) is 0.178. The number of cyclic esters (lactones) is 1. The number of nitrogens with zero attached hydrogens (tertiary/aromatic N) is 1. The van der Waals surface area contributed by atoms with Crippen LogP contribution in [0.3, 0.4) is 0 Å². The van der Waals surface area contributed by atoms with Crippen LogP contribution in [0.1, 0.15) is 33.9 Å². The smallest absolute Gasteiger partial charge is 0.309 e. The summed E-state index contributed by atoms with van der Waals surface area (Å²) < 4.78 is 5.31. The molecule has 1 saturated heterocycles. The van der Waals surface area contributed by atoms with Crippen LogP contribution in [0.4, 0.5) is 0 Å². The second-order valence-corrected chi connectivity index (χ2v) is 7.37. The van der Waals surface area contributed by atoms with Gasteiger partial charge in [0, 0.05) is 5.56 Å². The highest BCUT2D eigenvalue weighted by Crippen LogP contribution is 2.43. The molecular weight excluding hydrogens is 378 g/mol. The van der Waals surface area contributed by atoms with E-state index in [1.807, 2.05) is 54.6 Å². The summed E-state index contributed by atoms with van der Waals surface area (Å²) in [4.78, 5) is 27.6. The van der Waals surface area contributed by atoms with Crippen molar-refractivity contribution >= 4 is 11.9 Å². The van der Waals surface area contributed by atoms with Gasteiger partial charge in [-0.1, -0.05) is 78.9 Å². The summed E-state index contributed by atoms with van der Waals surface area (Å²) in [6.45, 7) is 0.250. The zero-order chi connectivity index (χ0) is 21.0. The van der Waals surface area contributed by atoms with Gasteiger partial charge in [0.05, 0.1) is 19.0 Å². The van der Waals surface area contributed by atoms with E-state index in [2.05, 4.69) is 0 Å². The molecule has 3 aromatic carbocycles. The highest BCUT2D eigenvalue weighted by Gasteiger charge is 2.47. The molecule has 1 amide bonds. The molecule has 5 nitrogen and oxygen atoms in total. The fourth-order valence-corrected chi connectivity index (χ4v) is 4.06. The zero-order valence-electron chi connectivity index (χ0n) is 16.5. The maximum Gasteiger partial charge on any atom is 0.309 e. The molecule has 0 aromatic heterocycles.